The van der Waals surface area contributed by atoms with Gasteiger partial charge in [0.2, 0.25) is 5.91 Å². The standard InChI is InChI=1S/C14H24N2O/c1-4-12-9-7-6-8-10-16(12)13(17)14(3,5-2)11-15/h12H,4-10H2,1-3H3. The maximum absolute atomic E-state index is 12.5. The summed E-state index contributed by atoms with van der Waals surface area (Å²) < 4.78 is 0. The summed E-state index contributed by atoms with van der Waals surface area (Å²) in [5.74, 6) is 0.0382. The van der Waals surface area contributed by atoms with Gasteiger partial charge in [0.05, 0.1) is 6.07 Å². The first kappa shape index (κ1) is 14.0. The lowest BCUT2D eigenvalue weighted by molar-refractivity contribution is -0.141. The van der Waals surface area contributed by atoms with Gasteiger partial charge in [0.25, 0.3) is 0 Å². The lowest BCUT2D eigenvalue weighted by Crippen LogP contribution is -2.46. The van der Waals surface area contributed by atoms with E-state index in [0.29, 0.717) is 12.5 Å². The monoisotopic (exact) mass is 236 g/mol. The maximum Gasteiger partial charge on any atom is 0.242 e. The first-order valence-electron chi connectivity index (χ1n) is 6.81. The Hall–Kier alpha value is -1.04. The molecule has 0 radical (unpaired) electrons. The lowest BCUT2D eigenvalue weighted by atomic mass is 9.87. The van der Waals surface area contributed by atoms with Crippen LogP contribution in [0.3, 0.4) is 0 Å². The smallest absolute Gasteiger partial charge is 0.242 e. The number of carbonyl (C=O) groups is 1. The van der Waals surface area contributed by atoms with E-state index < -0.39 is 5.41 Å². The molecule has 1 saturated heterocycles. The summed E-state index contributed by atoms with van der Waals surface area (Å²) >= 11 is 0. The lowest BCUT2D eigenvalue weighted by Gasteiger charge is -2.34. The second-order valence-corrected chi connectivity index (χ2v) is 5.21. The zero-order valence-corrected chi connectivity index (χ0v) is 11.3. The Balaban J connectivity index is 2.87. The summed E-state index contributed by atoms with van der Waals surface area (Å²) in [7, 11) is 0. The molecule has 17 heavy (non-hydrogen) atoms. The van der Waals surface area contributed by atoms with E-state index in [-0.39, 0.29) is 5.91 Å². The first-order valence-corrected chi connectivity index (χ1v) is 6.81. The summed E-state index contributed by atoms with van der Waals surface area (Å²) in [6, 6.07) is 2.54. The summed E-state index contributed by atoms with van der Waals surface area (Å²) in [6.45, 7) is 6.65. The average Bonchev–Trinajstić information content (AvgIpc) is 2.61. The van der Waals surface area contributed by atoms with Crippen molar-refractivity contribution in [2.24, 2.45) is 5.41 Å². The molecule has 1 heterocycles. The van der Waals surface area contributed by atoms with Crippen molar-refractivity contribution in [3.05, 3.63) is 0 Å². The van der Waals surface area contributed by atoms with E-state index >= 15 is 0 Å². The first-order chi connectivity index (χ1) is 8.09. The minimum absolute atomic E-state index is 0.0382. The number of likely N-dealkylation sites (tertiary alicyclic amines) is 1. The third-order valence-corrected chi connectivity index (χ3v) is 4.04. The van der Waals surface area contributed by atoms with E-state index in [9.17, 15) is 10.1 Å². The van der Waals surface area contributed by atoms with Gasteiger partial charge in [-0.2, -0.15) is 5.26 Å². The SMILES string of the molecule is CCC1CCCCCN1C(=O)C(C)(C#N)CC. The highest BCUT2D eigenvalue weighted by Gasteiger charge is 2.37. The van der Waals surface area contributed by atoms with Crippen molar-refractivity contribution >= 4 is 5.91 Å². The normalized spacial score (nSPS) is 24.6. The van der Waals surface area contributed by atoms with Gasteiger partial charge in [0.1, 0.15) is 5.41 Å². The van der Waals surface area contributed by atoms with Crippen LogP contribution in [-0.4, -0.2) is 23.4 Å². The van der Waals surface area contributed by atoms with Crippen LogP contribution in [0.25, 0.3) is 0 Å². The van der Waals surface area contributed by atoms with Crippen LogP contribution in [0, 0.1) is 16.7 Å². The van der Waals surface area contributed by atoms with E-state index in [2.05, 4.69) is 13.0 Å². The van der Waals surface area contributed by atoms with Crippen molar-refractivity contribution in [1.82, 2.24) is 4.90 Å². The highest BCUT2D eigenvalue weighted by atomic mass is 16.2. The van der Waals surface area contributed by atoms with Crippen molar-refractivity contribution in [3.8, 4) is 6.07 Å². The molecule has 0 aromatic carbocycles. The van der Waals surface area contributed by atoms with Gasteiger partial charge in [-0.05, 0) is 32.6 Å². The van der Waals surface area contributed by atoms with Gasteiger partial charge in [-0.25, -0.2) is 0 Å². The highest BCUT2D eigenvalue weighted by molar-refractivity contribution is 5.85. The molecular weight excluding hydrogens is 212 g/mol. The fourth-order valence-corrected chi connectivity index (χ4v) is 2.46. The number of nitriles is 1. The molecule has 2 atom stereocenters. The predicted molar refractivity (Wildman–Crippen MR) is 68.3 cm³/mol. The number of amides is 1. The van der Waals surface area contributed by atoms with E-state index in [4.69, 9.17) is 0 Å². The molecule has 1 aliphatic rings. The van der Waals surface area contributed by atoms with Crippen LogP contribution in [0.4, 0.5) is 0 Å². The number of rotatable bonds is 3. The second kappa shape index (κ2) is 6.05. The quantitative estimate of drug-likeness (QED) is 0.755. The van der Waals surface area contributed by atoms with Crippen LogP contribution in [0.2, 0.25) is 0 Å². The molecule has 1 fully saturated rings. The number of nitrogens with zero attached hydrogens (tertiary/aromatic N) is 2. The predicted octanol–water partition coefficient (Wildman–Crippen LogP) is 3.11. The Labute approximate surface area is 105 Å². The van der Waals surface area contributed by atoms with Gasteiger partial charge >= 0.3 is 0 Å². The van der Waals surface area contributed by atoms with E-state index in [0.717, 1.165) is 25.8 Å². The Morgan fingerprint density at radius 2 is 2.12 bits per heavy atom. The Morgan fingerprint density at radius 1 is 1.41 bits per heavy atom. The molecule has 3 nitrogen and oxygen atoms in total. The number of hydrogen-bond donors (Lipinski definition) is 0. The van der Waals surface area contributed by atoms with Crippen LogP contribution in [0.1, 0.15) is 59.3 Å². The molecule has 1 aliphatic heterocycles. The molecule has 0 aromatic rings. The van der Waals surface area contributed by atoms with Crippen molar-refractivity contribution in [2.45, 2.75) is 65.3 Å². The molecule has 0 N–H and O–H groups in total. The van der Waals surface area contributed by atoms with Gasteiger partial charge in [0, 0.05) is 12.6 Å². The van der Waals surface area contributed by atoms with Gasteiger partial charge in [-0.3, -0.25) is 4.79 Å². The van der Waals surface area contributed by atoms with Gasteiger partial charge < -0.3 is 4.90 Å². The van der Waals surface area contributed by atoms with Crippen LogP contribution >= 0.6 is 0 Å². The van der Waals surface area contributed by atoms with Gasteiger partial charge in [-0.15, -0.1) is 0 Å². The average molecular weight is 236 g/mol. The third kappa shape index (κ3) is 3.00. The van der Waals surface area contributed by atoms with E-state index in [1.54, 1.807) is 6.92 Å². The van der Waals surface area contributed by atoms with Crippen molar-refractivity contribution < 1.29 is 4.79 Å². The molecule has 0 spiro atoms. The van der Waals surface area contributed by atoms with Crippen molar-refractivity contribution in [3.63, 3.8) is 0 Å². The molecule has 0 saturated carbocycles. The zero-order valence-electron chi connectivity index (χ0n) is 11.3. The molecule has 0 bridgehead atoms. The molecule has 2 unspecified atom stereocenters. The molecular formula is C14H24N2O. The van der Waals surface area contributed by atoms with Crippen LogP contribution in [-0.2, 0) is 4.79 Å². The van der Waals surface area contributed by atoms with Crippen molar-refractivity contribution in [1.29, 1.82) is 5.26 Å². The Kier molecular flexibility index (Phi) is 4.99. The largest absolute Gasteiger partial charge is 0.338 e. The molecule has 1 amide bonds. The minimum Gasteiger partial charge on any atom is -0.338 e. The van der Waals surface area contributed by atoms with E-state index in [1.165, 1.54) is 12.8 Å². The number of hydrogen-bond acceptors (Lipinski definition) is 2. The van der Waals surface area contributed by atoms with Crippen molar-refractivity contribution in [2.75, 3.05) is 6.54 Å². The topological polar surface area (TPSA) is 44.1 Å². The fourth-order valence-electron chi connectivity index (χ4n) is 2.46. The maximum atomic E-state index is 12.5. The summed E-state index contributed by atoms with van der Waals surface area (Å²) in [6.07, 6.45) is 6.17. The fraction of sp³-hybridized carbons (Fsp3) is 0.857. The van der Waals surface area contributed by atoms with Gasteiger partial charge in [-0.1, -0.05) is 26.7 Å². The van der Waals surface area contributed by atoms with Crippen LogP contribution < -0.4 is 0 Å². The van der Waals surface area contributed by atoms with Gasteiger partial charge in [0.15, 0.2) is 0 Å². The van der Waals surface area contributed by atoms with Crippen LogP contribution in [0.5, 0.6) is 0 Å². The molecule has 0 aliphatic carbocycles. The summed E-state index contributed by atoms with van der Waals surface area (Å²) in [5, 5.41) is 9.22. The molecule has 3 heteroatoms. The van der Waals surface area contributed by atoms with Crippen LogP contribution in [0.15, 0.2) is 0 Å². The summed E-state index contributed by atoms with van der Waals surface area (Å²) in [4.78, 5) is 14.5. The Morgan fingerprint density at radius 3 is 2.65 bits per heavy atom. The summed E-state index contributed by atoms with van der Waals surface area (Å²) in [5.41, 5.74) is -0.836. The molecule has 1 rings (SSSR count). The number of carbonyl (C=O) groups excluding carboxylic acids is 1. The zero-order chi connectivity index (χ0) is 12.9. The van der Waals surface area contributed by atoms with E-state index in [1.807, 2.05) is 11.8 Å². The Bertz CT molecular complexity index is 308. The highest BCUT2D eigenvalue weighted by Crippen LogP contribution is 2.28. The third-order valence-electron chi connectivity index (χ3n) is 4.04. The second-order valence-electron chi connectivity index (χ2n) is 5.21. The molecule has 96 valence electrons. The minimum atomic E-state index is -0.836. The molecule has 0 aromatic heterocycles.